The molecule has 0 aromatic carbocycles. The van der Waals surface area contributed by atoms with Gasteiger partial charge in [0.2, 0.25) is 0 Å². The molecule has 0 aromatic heterocycles. The number of carboxylic acid groups (broad SMARTS) is 1. The second kappa shape index (κ2) is 67.9. The van der Waals surface area contributed by atoms with E-state index in [1.165, 1.54) is 193 Å². The van der Waals surface area contributed by atoms with Crippen molar-refractivity contribution in [3.63, 3.8) is 0 Å². The summed E-state index contributed by atoms with van der Waals surface area (Å²) in [5.74, 6) is -2.00. The Labute approximate surface area is 536 Å². The third-order valence-electron chi connectivity index (χ3n) is 15.5. The highest BCUT2D eigenvalue weighted by Crippen LogP contribution is 2.17. The molecule has 0 aromatic rings. The first-order chi connectivity index (χ1) is 42.6. The average molecular weight is 1220 g/mol. The summed E-state index contributed by atoms with van der Waals surface area (Å²) in [4.78, 5) is 37.6. The fourth-order valence-corrected chi connectivity index (χ4v) is 10.0. The number of allylic oxidation sites excluding steroid dienone is 18. The summed E-state index contributed by atoms with van der Waals surface area (Å²) >= 11 is 0. The maximum atomic E-state index is 13.0. The van der Waals surface area contributed by atoms with Crippen LogP contribution in [0.25, 0.3) is 0 Å². The number of aliphatic carboxylic acids is 1. The summed E-state index contributed by atoms with van der Waals surface area (Å²) in [7, 11) is 5.98. The number of unbranched alkanes of at least 4 members (excludes halogenated alkanes) is 33. The minimum Gasteiger partial charge on any atom is -0.477 e. The molecule has 0 radical (unpaired) electrons. The van der Waals surface area contributed by atoms with Gasteiger partial charge in [0.1, 0.15) is 13.2 Å². The normalized spacial score (nSPS) is 13.3. The number of esters is 2. The molecule has 0 aliphatic heterocycles. The van der Waals surface area contributed by atoms with Crippen LogP contribution in [0.5, 0.6) is 0 Å². The third kappa shape index (κ3) is 69.3. The number of nitrogens with zero attached hydrogens (tertiary/aromatic N) is 1. The second-order valence-electron chi connectivity index (χ2n) is 25.2. The lowest BCUT2D eigenvalue weighted by atomic mass is 10.0. The summed E-state index contributed by atoms with van der Waals surface area (Å²) in [6.07, 6.45) is 92.0. The van der Waals surface area contributed by atoms with Crippen LogP contribution in [0.3, 0.4) is 0 Å². The Morgan fingerprint density at radius 3 is 0.977 bits per heavy atom. The van der Waals surface area contributed by atoms with Crippen molar-refractivity contribution in [2.24, 2.45) is 0 Å². The van der Waals surface area contributed by atoms with E-state index in [9.17, 15) is 19.5 Å². The number of quaternary nitrogens is 1. The van der Waals surface area contributed by atoms with Crippen molar-refractivity contribution >= 4 is 17.9 Å². The molecule has 9 heteroatoms. The molecule has 0 spiro atoms. The summed E-state index contributed by atoms with van der Waals surface area (Å²) in [6, 6.07) is 0. The smallest absolute Gasteiger partial charge is 0.361 e. The zero-order valence-corrected chi connectivity index (χ0v) is 57.2. The second-order valence-corrected chi connectivity index (χ2v) is 25.2. The van der Waals surface area contributed by atoms with Gasteiger partial charge < -0.3 is 28.5 Å². The molecule has 2 unspecified atom stereocenters. The minimum atomic E-state index is -1.52. The van der Waals surface area contributed by atoms with E-state index in [1.54, 1.807) is 0 Å². The zero-order chi connectivity index (χ0) is 63.3. The maximum absolute atomic E-state index is 13.0. The van der Waals surface area contributed by atoms with Gasteiger partial charge >= 0.3 is 17.9 Å². The Hall–Kier alpha value is -4.05. The number of carbonyl (C=O) groups is 3. The Morgan fingerprint density at radius 1 is 0.356 bits per heavy atom. The van der Waals surface area contributed by atoms with Gasteiger partial charge in [-0.25, -0.2) is 4.79 Å². The van der Waals surface area contributed by atoms with Gasteiger partial charge in [0, 0.05) is 12.8 Å². The number of ether oxygens (including phenoxy) is 4. The molecule has 9 nitrogen and oxygen atoms in total. The predicted molar refractivity (Wildman–Crippen MR) is 373 cm³/mol. The van der Waals surface area contributed by atoms with Gasteiger partial charge in [0.25, 0.3) is 6.29 Å². The number of likely N-dealkylation sites (N-methyl/N-ethyl adjacent to an activating group) is 1. The van der Waals surface area contributed by atoms with Gasteiger partial charge in [-0.1, -0.05) is 303 Å². The van der Waals surface area contributed by atoms with Crippen LogP contribution in [0.4, 0.5) is 0 Å². The highest BCUT2D eigenvalue weighted by molar-refractivity contribution is 5.71. The molecular weight excluding hydrogens is 1080 g/mol. The first kappa shape index (κ1) is 83.0. The van der Waals surface area contributed by atoms with E-state index in [4.69, 9.17) is 18.9 Å². The van der Waals surface area contributed by atoms with E-state index >= 15 is 0 Å². The highest BCUT2D eigenvalue weighted by atomic mass is 16.7. The lowest BCUT2D eigenvalue weighted by Gasteiger charge is -2.25. The van der Waals surface area contributed by atoms with Crippen molar-refractivity contribution in [2.45, 2.75) is 322 Å². The fourth-order valence-electron chi connectivity index (χ4n) is 10.0. The fraction of sp³-hybridized carbons (Fsp3) is 0.731. The largest absolute Gasteiger partial charge is 0.477 e. The van der Waals surface area contributed by atoms with E-state index in [1.807, 2.05) is 21.1 Å². The van der Waals surface area contributed by atoms with E-state index in [-0.39, 0.29) is 32.2 Å². The molecule has 1 N–H and O–H groups in total. The third-order valence-corrected chi connectivity index (χ3v) is 15.5. The Kier molecular flexibility index (Phi) is 64.7. The van der Waals surface area contributed by atoms with Crippen LogP contribution in [0.2, 0.25) is 0 Å². The standard InChI is InChI=1S/C78H135NO8/c1-6-8-10-12-14-16-18-20-22-24-26-28-30-32-33-34-35-36-37-38-39-40-41-42-43-45-47-49-51-53-55-57-59-61-63-65-67-69-76(81)87-74(73-86-78(77(82)83)84-71-70-79(3,4)5)72-85-75(80)68-66-64-62-60-58-56-54-52-50-48-46-44-31-29-27-25-23-21-19-17-15-13-11-9-7-2/h8,10,14,16,19-22,25-28,31-33,35-36,44,74,78H,6-7,9,11-13,15,17-18,23-24,29-30,34,37-43,45-73H2,1-5H3/p+1/b10-8-,16-14-,21-19-,22-20-,27-25-,28-26-,33-32-,36-35-,44-31-. The van der Waals surface area contributed by atoms with E-state index in [0.29, 0.717) is 17.4 Å². The van der Waals surface area contributed by atoms with Crippen LogP contribution in [0, 0.1) is 0 Å². The molecule has 0 amide bonds. The van der Waals surface area contributed by atoms with Crippen LogP contribution in [-0.2, 0) is 33.3 Å². The molecule has 500 valence electrons. The first-order valence-electron chi connectivity index (χ1n) is 36.1. The lowest BCUT2D eigenvalue weighted by molar-refractivity contribution is -0.870. The molecule has 0 fully saturated rings. The summed E-state index contributed by atoms with van der Waals surface area (Å²) in [6.45, 7) is 4.77. The van der Waals surface area contributed by atoms with Crippen molar-refractivity contribution in [3.05, 3.63) is 109 Å². The van der Waals surface area contributed by atoms with Gasteiger partial charge in [-0.3, -0.25) is 9.59 Å². The quantitative estimate of drug-likeness (QED) is 0.0211. The Balaban J connectivity index is 4.08. The molecule has 0 saturated heterocycles. The van der Waals surface area contributed by atoms with Gasteiger partial charge in [-0.05, 0) is 103 Å². The van der Waals surface area contributed by atoms with Gasteiger partial charge in [-0.2, -0.15) is 0 Å². The summed E-state index contributed by atoms with van der Waals surface area (Å²) < 4.78 is 23.0. The molecule has 0 aliphatic rings. The minimum absolute atomic E-state index is 0.184. The first-order valence-corrected chi connectivity index (χ1v) is 36.1. The van der Waals surface area contributed by atoms with Crippen molar-refractivity contribution in [1.29, 1.82) is 0 Å². The average Bonchev–Trinajstić information content (AvgIpc) is 3.57. The molecule has 0 heterocycles. The van der Waals surface area contributed by atoms with Crippen LogP contribution in [0.1, 0.15) is 309 Å². The highest BCUT2D eigenvalue weighted by Gasteiger charge is 2.25. The van der Waals surface area contributed by atoms with E-state index in [2.05, 4.69) is 123 Å². The zero-order valence-electron chi connectivity index (χ0n) is 57.2. The molecule has 0 bridgehead atoms. The van der Waals surface area contributed by atoms with Crippen molar-refractivity contribution in [3.8, 4) is 0 Å². The SMILES string of the molecule is CC/C=C\C/C=C\C/C=C\C/C=C\C/C=C\C/C=C\CCCCCCCCCCCCCCCCCCCCC(=O)OC(COC(=O)CCCCCCCCCCCC/C=C\C/C=C\C/C=C\CCCCCCC)COC(OCC[N+](C)(C)C)C(=O)O. The van der Waals surface area contributed by atoms with Crippen LogP contribution >= 0.6 is 0 Å². The lowest BCUT2D eigenvalue weighted by Crippen LogP contribution is -2.40. The van der Waals surface area contributed by atoms with Gasteiger partial charge in [-0.15, -0.1) is 0 Å². The van der Waals surface area contributed by atoms with Crippen molar-refractivity contribution in [1.82, 2.24) is 0 Å². The summed E-state index contributed by atoms with van der Waals surface area (Å²) in [5.41, 5.74) is 0. The Morgan fingerprint density at radius 2 is 0.655 bits per heavy atom. The monoisotopic (exact) mass is 1220 g/mol. The van der Waals surface area contributed by atoms with Gasteiger partial charge in [0.05, 0.1) is 34.4 Å². The number of hydrogen-bond donors (Lipinski definition) is 1. The van der Waals surface area contributed by atoms with Crippen LogP contribution in [-0.4, -0.2) is 87.4 Å². The molecule has 0 rings (SSSR count). The number of hydrogen-bond acceptors (Lipinski definition) is 7. The Bertz CT molecular complexity index is 1800. The van der Waals surface area contributed by atoms with Crippen LogP contribution in [0.15, 0.2) is 109 Å². The molecular formula is C78H136NO8+. The van der Waals surface area contributed by atoms with Crippen LogP contribution < -0.4 is 0 Å². The number of carbonyl (C=O) groups excluding carboxylic acids is 2. The predicted octanol–water partition coefficient (Wildman–Crippen LogP) is 22.6. The summed E-state index contributed by atoms with van der Waals surface area (Å²) in [5, 5.41) is 9.75. The van der Waals surface area contributed by atoms with E-state index < -0.39 is 24.3 Å². The topological polar surface area (TPSA) is 108 Å². The number of carboxylic acids is 1. The molecule has 0 saturated carbocycles. The molecule has 87 heavy (non-hydrogen) atoms. The van der Waals surface area contributed by atoms with E-state index in [0.717, 1.165) is 89.9 Å². The molecule has 0 aliphatic carbocycles. The van der Waals surface area contributed by atoms with Crippen molar-refractivity contribution in [2.75, 3.05) is 47.5 Å². The number of rotatable bonds is 66. The van der Waals surface area contributed by atoms with Crippen molar-refractivity contribution < 1.29 is 42.9 Å². The maximum Gasteiger partial charge on any atom is 0.361 e. The molecule has 2 atom stereocenters. The van der Waals surface area contributed by atoms with Gasteiger partial charge in [0.15, 0.2) is 6.10 Å².